The van der Waals surface area contributed by atoms with E-state index in [0.29, 0.717) is 0 Å². The lowest BCUT2D eigenvalue weighted by atomic mass is 10.1. The first-order valence-electron chi connectivity index (χ1n) is 8.72. The van der Waals surface area contributed by atoms with Crippen LogP contribution in [0.5, 0.6) is 0 Å². The van der Waals surface area contributed by atoms with E-state index in [-0.39, 0.29) is 0 Å². The van der Waals surface area contributed by atoms with Crippen molar-refractivity contribution in [1.82, 2.24) is 10.2 Å². The van der Waals surface area contributed by atoms with Crippen LogP contribution in [0.1, 0.15) is 57.6 Å². The third-order valence-corrected chi connectivity index (χ3v) is 4.29. The van der Waals surface area contributed by atoms with Crippen LogP contribution in [0.2, 0.25) is 0 Å². The van der Waals surface area contributed by atoms with Gasteiger partial charge < -0.3 is 5.32 Å². The van der Waals surface area contributed by atoms with Crippen LogP contribution in [-0.2, 0) is 13.1 Å². The SMILES string of the molecule is CCCNCc1ccccc1CN(CCC(C)C)C1CC1. The van der Waals surface area contributed by atoms with E-state index in [1.54, 1.807) is 0 Å². The fourth-order valence-electron chi connectivity index (χ4n) is 2.76. The van der Waals surface area contributed by atoms with Crippen molar-refractivity contribution >= 4 is 0 Å². The van der Waals surface area contributed by atoms with E-state index in [1.165, 1.54) is 43.4 Å². The zero-order valence-electron chi connectivity index (χ0n) is 14.1. The van der Waals surface area contributed by atoms with E-state index in [2.05, 4.69) is 55.3 Å². The van der Waals surface area contributed by atoms with Gasteiger partial charge in [0.15, 0.2) is 0 Å². The van der Waals surface area contributed by atoms with E-state index in [0.717, 1.165) is 31.6 Å². The third kappa shape index (κ3) is 5.80. The molecule has 1 aromatic rings. The van der Waals surface area contributed by atoms with Crippen molar-refractivity contribution in [2.24, 2.45) is 5.92 Å². The Balaban J connectivity index is 1.95. The molecule has 1 saturated carbocycles. The number of nitrogens with one attached hydrogen (secondary N) is 1. The van der Waals surface area contributed by atoms with Crippen LogP contribution in [0.3, 0.4) is 0 Å². The summed E-state index contributed by atoms with van der Waals surface area (Å²) in [6, 6.07) is 9.80. The highest BCUT2D eigenvalue weighted by Crippen LogP contribution is 2.29. The standard InChI is InChI=1S/C19H32N2/c1-4-12-20-14-17-7-5-6-8-18(17)15-21(19-9-10-19)13-11-16(2)3/h5-8,16,19-20H,4,9-15H2,1-3H3. The molecule has 0 heterocycles. The third-order valence-electron chi connectivity index (χ3n) is 4.29. The lowest BCUT2D eigenvalue weighted by molar-refractivity contribution is 0.238. The van der Waals surface area contributed by atoms with Crippen molar-refractivity contribution in [3.63, 3.8) is 0 Å². The summed E-state index contributed by atoms with van der Waals surface area (Å²) < 4.78 is 0. The highest BCUT2D eigenvalue weighted by molar-refractivity contribution is 5.27. The molecule has 2 rings (SSSR count). The molecule has 1 fully saturated rings. The van der Waals surface area contributed by atoms with Gasteiger partial charge in [0.05, 0.1) is 0 Å². The Bertz CT molecular complexity index is 410. The maximum Gasteiger partial charge on any atom is 0.0239 e. The number of nitrogens with zero attached hydrogens (tertiary/aromatic N) is 1. The van der Waals surface area contributed by atoms with E-state index >= 15 is 0 Å². The first-order valence-corrected chi connectivity index (χ1v) is 8.72. The minimum absolute atomic E-state index is 0.799. The number of hydrogen-bond donors (Lipinski definition) is 1. The largest absolute Gasteiger partial charge is 0.313 e. The average molecular weight is 288 g/mol. The molecule has 0 aromatic heterocycles. The van der Waals surface area contributed by atoms with Crippen LogP contribution in [0.15, 0.2) is 24.3 Å². The fraction of sp³-hybridized carbons (Fsp3) is 0.684. The molecule has 2 heteroatoms. The predicted molar refractivity (Wildman–Crippen MR) is 91.3 cm³/mol. The quantitative estimate of drug-likeness (QED) is 0.649. The van der Waals surface area contributed by atoms with Gasteiger partial charge in [-0.05, 0) is 55.8 Å². The summed E-state index contributed by atoms with van der Waals surface area (Å²) in [5, 5.41) is 3.54. The Morgan fingerprint density at radius 3 is 2.52 bits per heavy atom. The molecule has 2 nitrogen and oxygen atoms in total. The molecular weight excluding hydrogens is 256 g/mol. The first kappa shape index (κ1) is 16.5. The maximum atomic E-state index is 3.54. The highest BCUT2D eigenvalue weighted by atomic mass is 15.2. The van der Waals surface area contributed by atoms with Crippen LogP contribution >= 0.6 is 0 Å². The summed E-state index contributed by atoms with van der Waals surface area (Å²) in [6.07, 6.45) is 5.31. The van der Waals surface area contributed by atoms with Crippen molar-refractivity contribution in [1.29, 1.82) is 0 Å². The zero-order chi connectivity index (χ0) is 15.1. The second-order valence-electron chi connectivity index (χ2n) is 6.83. The molecule has 1 aromatic carbocycles. The Morgan fingerprint density at radius 1 is 1.19 bits per heavy atom. The van der Waals surface area contributed by atoms with Gasteiger partial charge in [0, 0.05) is 19.1 Å². The molecule has 0 atom stereocenters. The van der Waals surface area contributed by atoms with Gasteiger partial charge in [0.1, 0.15) is 0 Å². The summed E-state index contributed by atoms with van der Waals surface area (Å²) >= 11 is 0. The molecule has 0 aliphatic heterocycles. The first-order chi connectivity index (χ1) is 10.2. The minimum atomic E-state index is 0.799. The number of rotatable bonds is 10. The molecule has 21 heavy (non-hydrogen) atoms. The Hall–Kier alpha value is -0.860. The summed E-state index contributed by atoms with van der Waals surface area (Å²) in [5.41, 5.74) is 2.98. The summed E-state index contributed by atoms with van der Waals surface area (Å²) in [5.74, 6) is 0.799. The predicted octanol–water partition coefficient (Wildman–Crippen LogP) is 4.20. The summed E-state index contributed by atoms with van der Waals surface area (Å²) in [6.45, 7) is 11.4. The smallest absolute Gasteiger partial charge is 0.0239 e. The molecule has 0 spiro atoms. The van der Waals surface area contributed by atoms with Gasteiger partial charge in [-0.2, -0.15) is 0 Å². The van der Waals surface area contributed by atoms with Gasteiger partial charge in [0.25, 0.3) is 0 Å². The van der Waals surface area contributed by atoms with Crippen LogP contribution in [-0.4, -0.2) is 24.0 Å². The van der Waals surface area contributed by atoms with E-state index in [9.17, 15) is 0 Å². The van der Waals surface area contributed by atoms with E-state index in [4.69, 9.17) is 0 Å². The monoisotopic (exact) mass is 288 g/mol. The summed E-state index contributed by atoms with van der Waals surface area (Å²) in [4.78, 5) is 2.71. The van der Waals surface area contributed by atoms with Crippen molar-refractivity contribution in [3.05, 3.63) is 35.4 Å². The van der Waals surface area contributed by atoms with Crippen LogP contribution < -0.4 is 5.32 Å². The molecule has 0 unspecified atom stereocenters. The maximum absolute atomic E-state index is 3.54. The van der Waals surface area contributed by atoms with Crippen LogP contribution in [0.25, 0.3) is 0 Å². The highest BCUT2D eigenvalue weighted by Gasteiger charge is 2.28. The van der Waals surface area contributed by atoms with Crippen LogP contribution in [0.4, 0.5) is 0 Å². The lowest BCUT2D eigenvalue weighted by Crippen LogP contribution is -2.28. The minimum Gasteiger partial charge on any atom is -0.313 e. The van der Waals surface area contributed by atoms with E-state index < -0.39 is 0 Å². The van der Waals surface area contributed by atoms with Gasteiger partial charge in [-0.3, -0.25) is 4.90 Å². The number of benzene rings is 1. The Labute approximate surface area is 130 Å². The van der Waals surface area contributed by atoms with Crippen molar-refractivity contribution in [3.8, 4) is 0 Å². The second kappa shape index (κ2) is 8.55. The average Bonchev–Trinajstić information content (AvgIpc) is 3.29. The Morgan fingerprint density at radius 2 is 1.90 bits per heavy atom. The normalized spacial score (nSPS) is 15.1. The molecule has 1 aliphatic rings. The van der Waals surface area contributed by atoms with Crippen molar-refractivity contribution < 1.29 is 0 Å². The van der Waals surface area contributed by atoms with Gasteiger partial charge >= 0.3 is 0 Å². The van der Waals surface area contributed by atoms with Gasteiger partial charge in [-0.15, -0.1) is 0 Å². The molecule has 1 N–H and O–H groups in total. The molecule has 0 amide bonds. The van der Waals surface area contributed by atoms with Crippen molar-refractivity contribution in [2.45, 2.75) is 65.6 Å². The van der Waals surface area contributed by atoms with Gasteiger partial charge in [0.2, 0.25) is 0 Å². The zero-order valence-corrected chi connectivity index (χ0v) is 14.1. The van der Waals surface area contributed by atoms with Gasteiger partial charge in [-0.25, -0.2) is 0 Å². The fourth-order valence-corrected chi connectivity index (χ4v) is 2.76. The Kier molecular flexibility index (Phi) is 6.72. The molecule has 0 bridgehead atoms. The molecule has 0 saturated heterocycles. The number of hydrogen-bond acceptors (Lipinski definition) is 2. The van der Waals surface area contributed by atoms with Gasteiger partial charge in [-0.1, -0.05) is 45.0 Å². The molecule has 0 radical (unpaired) electrons. The van der Waals surface area contributed by atoms with Crippen LogP contribution in [0, 0.1) is 5.92 Å². The molecule has 1 aliphatic carbocycles. The molecular formula is C19H32N2. The summed E-state index contributed by atoms with van der Waals surface area (Å²) in [7, 11) is 0. The van der Waals surface area contributed by atoms with E-state index in [1.807, 2.05) is 0 Å². The topological polar surface area (TPSA) is 15.3 Å². The van der Waals surface area contributed by atoms with Crippen molar-refractivity contribution in [2.75, 3.05) is 13.1 Å². The second-order valence-corrected chi connectivity index (χ2v) is 6.83. The molecule has 118 valence electrons. The lowest BCUT2D eigenvalue weighted by Gasteiger charge is -2.24.